The smallest absolute Gasteiger partial charge is 0.145 e. The maximum Gasteiger partial charge on any atom is 0.145 e. The van der Waals surface area contributed by atoms with Crippen LogP contribution in [-0.4, -0.2) is 39.0 Å². The molecule has 1 atom stereocenters. The van der Waals surface area contributed by atoms with Crippen LogP contribution in [0.3, 0.4) is 0 Å². The van der Waals surface area contributed by atoms with Gasteiger partial charge in [0.05, 0.1) is 30.4 Å². The predicted octanol–water partition coefficient (Wildman–Crippen LogP) is 5.24. The van der Waals surface area contributed by atoms with Gasteiger partial charge in [0, 0.05) is 42.9 Å². The van der Waals surface area contributed by atoms with Crippen LogP contribution in [-0.2, 0) is 24.6 Å². The zero-order valence-corrected chi connectivity index (χ0v) is 21.3. The van der Waals surface area contributed by atoms with Crippen molar-refractivity contribution in [1.29, 1.82) is 5.26 Å². The topological polar surface area (TPSA) is 111 Å². The van der Waals surface area contributed by atoms with Crippen LogP contribution in [0.1, 0.15) is 16.4 Å². The number of rotatable bonds is 11. The maximum absolute atomic E-state index is 10.5. The molecule has 0 saturated heterocycles. The molecule has 4 aromatic rings. The molecule has 0 aliphatic carbocycles. The Morgan fingerprint density at radius 3 is 2.94 bits per heavy atom. The third-order valence-electron chi connectivity index (χ3n) is 5.51. The van der Waals surface area contributed by atoms with E-state index in [1.54, 1.807) is 17.2 Å². The van der Waals surface area contributed by atoms with E-state index in [1.807, 2.05) is 34.5 Å². The van der Waals surface area contributed by atoms with Crippen molar-refractivity contribution in [1.82, 2.24) is 24.3 Å². The monoisotopic (exact) mass is 493 g/mol. The van der Waals surface area contributed by atoms with Crippen molar-refractivity contribution in [2.75, 3.05) is 6.61 Å². The lowest BCUT2D eigenvalue weighted by molar-refractivity contribution is 0.0899. The van der Waals surface area contributed by atoms with E-state index in [1.165, 1.54) is 11.3 Å². The molecule has 11 heteroatoms. The molecule has 0 saturated carbocycles. The van der Waals surface area contributed by atoms with Crippen LogP contribution in [0.2, 0.25) is 25.7 Å². The quantitative estimate of drug-likeness (QED) is 0.160. The number of thiophene rings is 1. The summed E-state index contributed by atoms with van der Waals surface area (Å²) in [5.74, 6) is -0.371. The van der Waals surface area contributed by atoms with Crippen molar-refractivity contribution in [2.45, 2.75) is 51.4 Å². The summed E-state index contributed by atoms with van der Waals surface area (Å²) in [5, 5.41) is 19.9. The van der Waals surface area contributed by atoms with Crippen LogP contribution < -0.4 is 0 Å². The van der Waals surface area contributed by atoms with Crippen LogP contribution in [0.4, 0.5) is 0 Å². The number of hydrogen-bond acceptors (Lipinski definition) is 8. The molecule has 0 fully saturated rings. The van der Waals surface area contributed by atoms with Gasteiger partial charge in [0.2, 0.25) is 0 Å². The van der Waals surface area contributed by atoms with Crippen molar-refractivity contribution in [3.8, 4) is 17.3 Å². The molecule has 0 aromatic carbocycles. The normalized spacial score (nSPS) is 12.6. The average molecular weight is 494 g/mol. The van der Waals surface area contributed by atoms with E-state index in [2.05, 4.69) is 46.0 Å². The van der Waals surface area contributed by atoms with E-state index < -0.39 is 8.07 Å². The van der Waals surface area contributed by atoms with Crippen LogP contribution in [0.5, 0.6) is 0 Å². The molecule has 0 radical (unpaired) electrons. The summed E-state index contributed by atoms with van der Waals surface area (Å²) in [6.45, 7) is 8.74. The fraction of sp³-hybridized carbons (Fsp3) is 0.391. The third kappa shape index (κ3) is 5.64. The van der Waals surface area contributed by atoms with Gasteiger partial charge in [-0.15, -0.1) is 11.3 Å². The van der Waals surface area contributed by atoms with E-state index in [0.717, 1.165) is 45.4 Å². The van der Waals surface area contributed by atoms with Gasteiger partial charge in [-0.2, -0.15) is 15.3 Å². The molecule has 0 amide bonds. The fourth-order valence-electron chi connectivity index (χ4n) is 3.60. The Balaban J connectivity index is 1.48. The first-order chi connectivity index (χ1) is 16.4. The lowest BCUT2D eigenvalue weighted by Gasteiger charge is -2.15. The first kappa shape index (κ1) is 23.9. The third-order valence-corrected chi connectivity index (χ3v) is 8.16. The van der Waals surface area contributed by atoms with Crippen LogP contribution in [0, 0.1) is 16.2 Å². The summed E-state index contributed by atoms with van der Waals surface area (Å²) in [4.78, 5) is 20.3. The Hall–Kier alpha value is -3.20. The predicted molar refractivity (Wildman–Crippen MR) is 135 cm³/mol. The molecule has 4 aromatic heterocycles. The second-order valence-electron chi connectivity index (χ2n) is 9.36. The molecule has 176 valence electrons. The number of nitroso groups, excluding NO2 is 1. The minimum atomic E-state index is -1.13. The number of nitrogens with zero attached hydrogens (tertiary/aromatic N) is 7. The van der Waals surface area contributed by atoms with Gasteiger partial charge < -0.3 is 9.30 Å². The molecule has 0 bridgehead atoms. The Morgan fingerprint density at radius 2 is 2.18 bits per heavy atom. The average Bonchev–Trinajstić information content (AvgIpc) is 3.54. The summed E-state index contributed by atoms with van der Waals surface area (Å²) in [5.41, 5.74) is 3.34. The summed E-state index contributed by atoms with van der Waals surface area (Å²) >= 11 is 1.44. The molecular formula is C23H27N7O2SSi. The summed E-state index contributed by atoms with van der Waals surface area (Å²) in [6.07, 6.45) is 7.18. The van der Waals surface area contributed by atoms with Crippen molar-refractivity contribution in [3.05, 3.63) is 57.8 Å². The van der Waals surface area contributed by atoms with Gasteiger partial charge in [0.1, 0.15) is 25.3 Å². The van der Waals surface area contributed by atoms with Gasteiger partial charge in [-0.1, -0.05) is 24.8 Å². The molecule has 0 spiro atoms. The SMILES string of the molecule is C[Si](C)(C)CCOCn1ccc2c(-c3cnn(CC(C#N)c4csc(CN=O)c4)c3)ncnc21. The minimum absolute atomic E-state index is 0.126. The molecule has 34 heavy (non-hydrogen) atoms. The number of fused-ring (bicyclic) bond motifs is 1. The maximum atomic E-state index is 10.5. The van der Waals surface area contributed by atoms with E-state index >= 15 is 0 Å². The Labute approximate surface area is 203 Å². The van der Waals surface area contributed by atoms with Gasteiger partial charge in [-0.25, -0.2) is 9.97 Å². The van der Waals surface area contributed by atoms with E-state index in [-0.39, 0.29) is 12.5 Å². The van der Waals surface area contributed by atoms with Crippen LogP contribution >= 0.6 is 11.3 Å². The summed E-state index contributed by atoms with van der Waals surface area (Å²) in [7, 11) is -1.13. The number of aromatic nitrogens is 5. The van der Waals surface area contributed by atoms with Gasteiger partial charge in [-0.05, 0) is 29.1 Å². The van der Waals surface area contributed by atoms with E-state index in [4.69, 9.17) is 4.74 Å². The number of nitriles is 1. The van der Waals surface area contributed by atoms with Crippen LogP contribution in [0.15, 0.2) is 47.6 Å². The Kier molecular flexibility index (Phi) is 7.31. The van der Waals surface area contributed by atoms with Crippen molar-refractivity contribution >= 4 is 30.4 Å². The largest absolute Gasteiger partial charge is 0.361 e. The highest BCUT2D eigenvalue weighted by molar-refractivity contribution is 7.10. The number of ether oxygens (including phenoxy) is 1. The van der Waals surface area contributed by atoms with Gasteiger partial charge in [0.15, 0.2) is 0 Å². The molecule has 0 aliphatic heterocycles. The zero-order valence-electron chi connectivity index (χ0n) is 19.5. The minimum Gasteiger partial charge on any atom is -0.361 e. The Bertz CT molecular complexity index is 1310. The highest BCUT2D eigenvalue weighted by atomic mass is 32.1. The van der Waals surface area contributed by atoms with Crippen molar-refractivity contribution < 1.29 is 4.74 Å². The zero-order chi connectivity index (χ0) is 24.1. The summed E-state index contributed by atoms with van der Waals surface area (Å²) < 4.78 is 9.64. The summed E-state index contributed by atoms with van der Waals surface area (Å²) in [6, 6.07) is 7.32. The van der Waals surface area contributed by atoms with Gasteiger partial charge in [-0.3, -0.25) is 4.68 Å². The highest BCUT2D eigenvalue weighted by Crippen LogP contribution is 2.28. The first-order valence-corrected chi connectivity index (χ1v) is 15.6. The molecule has 1 unspecified atom stereocenters. The van der Waals surface area contributed by atoms with Crippen molar-refractivity contribution in [3.63, 3.8) is 0 Å². The molecule has 4 heterocycles. The second-order valence-corrected chi connectivity index (χ2v) is 16.0. The standard InChI is InChI=1S/C23H27N7O2SSi/c1-34(2,3)7-6-32-16-29-5-4-21-22(25-15-26-23(21)29)19-10-27-30(13-19)12-18(9-24)17-8-20(11-28-31)33-14-17/h4-5,8,10,13-15,18H,6-7,11-12,16H2,1-3H3. The van der Waals surface area contributed by atoms with E-state index in [0.29, 0.717) is 13.3 Å². The van der Waals surface area contributed by atoms with Gasteiger partial charge >= 0.3 is 0 Å². The first-order valence-electron chi connectivity index (χ1n) is 11.0. The fourth-order valence-corrected chi connectivity index (χ4v) is 5.21. The molecule has 9 nitrogen and oxygen atoms in total. The Morgan fingerprint density at radius 1 is 1.32 bits per heavy atom. The van der Waals surface area contributed by atoms with Gasteiger partial charge in [0.25, 0.3) is 0 Å². The molecule has 0 N–H and O–H groups in total. The lowest BCUT2D eigenvalue weighted by Crippen LogP contribution is -2.22. The highest BCUT2D eigenvalue weighted by Gasteiger charge is 2.17. The lowest BCUT2D eigenvalue weighted by atomic mass is 10.0. The number of hydrogen-bond donors (Lipinski definition) is 0. The van der Waals surface area contributed by atoms with E-state index in [9.17, 15) is 10.2 Å². The molecule has 4 rings (SSSR count). The molecule has 0 aliphatic rings. The van der Waals surface area contributed by atoms with Crippen LogP contribution in [0.25, 0.3) is 22.3 Å². The van der Waals surface area contributed by atoms with Crippen molar-refractivity contribution in [2.24, 2.45) is 5.18 Å². The molecular weight excluding hydrogens is 466 g/mol. The second kappa shape index (κ2) is 10.4.